The summed E-state index contributed by atoms with van der Waals surface area (Å²) in [6.07, 6.45) is 5.39. The van der Waals surface area contributed by atoms with Crippen LogP contribution in [-0.2, 0) is 17.8 Å². The van der Waals surface area contributed by atoms with Gasteiger partial charge in [0.1, 0.15) is 5.82 Å². The molecule has 0 aliphatic carbocycles. The number of benzene rings is 1. The van der Waals surface area contributed by atoms with E-state index in [0.29, 0.717) is 0 Å². The first-order valence-electron chi connectivity index (χ1n) is 7.01. The number of hydrogen-bond donors (Lipinski definition) is 1. The Kier molecular flexibility index (Phi) is 3.30. The van der Waals surface area contributed by atoms with Crippen LogP contribution in [0.15, 0.2) is 30.6 Å². The summed E-state index contributed by atoms with van der Waals surface area (Å²) in [5.74, 6) is 1.13. The van der Waals surface area contributed by atoms with Gasteiger partial charge in [-0.25, -0.2) is 4.98 Å². The molecule has 4 nitrogen and oxygen atoms in total. The molecule has 1 atom stereocenters. The maximum absolute atomic E-state index is 12.4. The summed E-state index contributed by atoms with van der Waals surface area (Å²) in [6, 6.07) is 6.12. The molecule has 4 heteroatoms. The summed E-state index contributed by atoms with van der Waals surface area (Å²) in [7, 11) is 0. The molecule has 104 valence electrons. The maximum atomic E-state index is 12.4. The van der Waals surface area contributed by atoms with Crippen LogP contribution >= 0.6 is 0 Å². The van der Waals surface area contributed by atoms with Crippen molar-refractivity contribution >= 4 is 11.6 Å². The number of anilines is 1. The molecule has 20 heavy (non-hydrogen) atoms. The molecule has 1 N–H and O–H groups in total. The highest BCUT2D eigenvalue weighted by atomic mass is 16.1. The van der Waals surface area contributed by atoms with Crippen molar-refractivity contribution in [1.82, 2.24) is 9.55 Å². The highest BCUT2D eigenvalue weighted by Crippen LogP contribution is 2.21. The summed E-state index contributed by atoms with van der Waals surface area (Å²) in [6.45, 7) is 4.96. The number of carbonyl (C=O) groups excluding carboxylic acids is 1. The van der Waals surface area contributed by atoms with Crippen LogP contribution in [0.4, 0.5) is 5.69 Å². The van der Waals surface area contributed by atoms with Gasteiger partial charge in [0.2, 0.25) is 5.91 Å². The lowest BCUT2D eigenvalue weighted by Crippen LogP contribution is -2.30. The van der Waals surface area contributed by atoms with Gasteiger partial charge in [-0.15, -0.1) is 0 Å². The van der Waals surface area contributed by atoms with E-state index in [1.807, 2.05) is 32.2 Å². The van der Waals surface area contributed by atoms with E-state index in [9.17, 15) is 4.79 Å². The van der Waals surface area contributed by atoms with E-state index in [2.05, 4.69) is 20.9 Å². The predicted octanol–water partition coefficient (Wildman–Crippen LogP) is 2.70. The van der Waals surface area contributed by atoms with Gasteiger partial charge >= 0.3 is 0 Å². The second kappa shape index (κ2) is 5.12. The molecule has 2 heterocycles. The van der Waals surface area contributed by atoms with Crippen molar-refractivity contribution in [2.45, 2.75) is 33.2 Å². The number of imidazole rings is 1. The Morgan fingerprint density at radius 1 is 1.30 bits per heavy atom. The van der Waals surface area contributed by atoms with Gasteiger partial charge < -0.3 is 9.88 Å². The van der Waals surface area contributed by atoms with Crippen molar-refractivity contribution in [3.8, 4) is 0 Å². The van der Waals surface area contributed by atoms with Crippen molar-refractivity contribution in [3.63, 3.8) is 0 Å². The summed E-state index contributed by atoms with van der Waals surface area (Å²) in [5, 5.41) is 3.04. The predicted molar refractivity (Wildman–Crippen MR) is 78.6 cm³/mol. The molecule has 0 fully saturated rings. The highest BCUT2D eigenvalue weighted by molar-refractivity contribution is 5.92. The van der Waals surface area contributed by atoms with Crippen molar-refractivity contribution in [2.24, 2.45) is 5.92 Å². The molecular formula is C16H19N3O. The third-order valence-electron chi connectivity index (χ3n) is 3.81. The van der Waals surface area contributed by atoms with Crippen molar-refractivity contribution in [3.05, 3.63) is 47.5 Å². The van der Waals surface area contributed by atoms with E-state index in [1.54, 1.807) is 6.20 Å². The zero-order valence-corrected chi connectivity index (χ0v) is 11.9. The zero-order chi connectivity index (χ0) is 14.1. The van der Waals surface area contributed by atoms with Crippen molar-refractivity contribution < 1.29 is 4.79 Å². The Morgan fingerprint density at radius 2 is 2.05 bits per heavy atom. The summed E-state index contributed by atoms with van der Waals surface area (Å²) in [4.78, 5) is 16.7. The first-order valence-corrected chi connectivity index (χ1v) is 7.01. The molecule has 1 aromatic heterocycles. The fraction of sp³-hybridized carbons (Fsp3) is 0.375. The number of nitrogens with zero attached hydrogens (tertiary/aromatic N) is 2. The van der Waals surface area contributed by atoms with Crippen molar-refractivity contribution in [1.29, 1.82) is 0 Å². The minimum Gasteiger partial charge on any atom is -0.335 e. The van der Waals surface area contributed by atoms with Gasteiger partial charge in [-0.3, -0.25) is 4.79 Å². The molecule has 1 unspecified atom stereocenters. The van der Waals surface area contributed by atoms with Crippen LogP contribution < -0.4 is 5.32 Å². The van der Waals surface area contributed by atoms with E-state index in [1.165, 1.54) is 11.1 Å². The van der Waals surface area contributed by atoms with E-state index >= 15 is 0 Å². The molecule has 1 aliphatic rings. The van der Waals surface area contributed by atoms with E-state index in [0.717, 1.165) is 30.9 Å². The number of fused-ring (bicyclic) bond motifs is 1. The lowest BCUT2D eigenvalue weighted by molar-refractivity contribution is -0.120. The Hall–Kier alpha value is -2.10. The number of hydrogen-bond acceptors (Lipinski definition) is 2. The lowest BCUT2D eigenvalue weighted by atomic mass is 9.96. The van der Waals surface area contributed by atoms with E-state index in [-0.39, 0.29) is 11.8 Å². The van der Waals surface area contributed by atoms with Crippen LogP contribution in [0, 0.1) is 19.8 Å². The van der Waals surface area contributed by atoms with E-state index < -0.39 is 0 Å². The first-order chi connectivity index (χ1) is 9.61. The summed E-state index contributed by atoms with van der Waals surface area (Å²) in [5.41, 5.74) is 3.22. The van der Waals surface area contributed by atoms with Crippen LogP contribution in [-0.4, -0.2) is 15.5 Å². The highest BCUT2D eigenvalue weighted by Gasteiger charge is 2.25. The van der Waals surface area contributed by atoms with Gasteiger partial charge in [0.05, 0.1) is 0 Å². The summed E-state index contributed by atoms with van der Waals surface area (Å²) >= 11 is 0. The molecule has 1 aliphatic heterocycles. The zero-order valence-electron chi connectivity index (χ0n) is 11.9. The summed E-state index contributed by atoms with van der Waals surface area (Å²) < 4.78 is 2.13. The van der Waals surface area contributed by atoms with Gasteiger partial charge in [0, 0.05) is 37.0 Å². The van der Waals surface area contributed by atoms with Crippen LogP contribution in [0.5, 0.6) is 0 Å². The lowest BCUT2D eigenvalue weighted by Gasteiger charge is -2.22. The standard InChI is InChI=1S/C16H19N3O/c1-11-7-12(2)9-14(8-11)18-16(20)13-3-5-19-6-4-17-15(19)10-13/h4,6-9,13H,3,5,10H2,1-2H3,(H,18,20). The smallest absolute Gasteiger partial charge is 0.228 e. The number of carbonyl (C=O) groups is 1. The minimum atomic E-state index is 0.0192. The Bertz CT molecular complexity index is 625. The third kappa shape index (κ3) is 2.59. The van der Waals surface area contributed by atoms with Gasteiger partial charge in [0.25, 0.3) is 0 Å². The number of aryl methyl sites for hydroxylation is 3. The van der Waals surface area contributed by atoms with Gasteiger partial charge in [-0.05, 0) is 43.5 Å². The Labute approximate surface area is 118 Å². The number of aromatic nitrogens is 2. The quantitative estimate of drug-likeness (QED) is 0.911. The molecule has 1 amide bonds. The number of nitrogens with one attached hydrogen (secondary N) is 1. The average Bonchev–Trinajstić information content (AvgIpc) is 2.84. The fourth-order valence-corrected chi connectivity index (χ4v) is 2.87. The van der Waals surface area contributed by atoms with Crippen LogP contribution in [0.1, 0.15) is 23.4 Å². The van der Waals surface area contributed by atoms with Crippen LogP contribution in [0.3, 0.4) is 0 Å². The van der Waals surface area contributed by atoms with Gasteiger partial charge in [-0.1, -0.05) is 6.07 Å². The molecule has 0 saturated carbocycles. The Morgan fingerprint density at radius 3 is 2.80 bits per heavy atom. The second-order valence-corrected chi connectivity index (χ2v) is 5.59. The minimum absolute atomic E-state index is 0.0192. The average molecular weight is 269 g/mol. The molecule has 3 rings (SSSR count). The molecule has 0 saturated heterocycles. The number of amides is 1. The second-order valence-electron chi connectivity index (χ2n) is 5.59. The SMILES string of the molecule is Cc1cc(C)cc(NC(=O)C2CCn3ccnc3C2)c1. The molecule has 1 aromatic carbocycles. The molecule has 0 radical (unpaired) electrons. The first kappa shape index (κ1) is 12.9. The maximum Gasteiger partial charge on any atom is 0.228 e. The molecule has 0 bridgehead atoms. The van der Waals surface area contributed by atoms with Crippen LogP contribution in [0.2, 0.25) is 0 Å². The topological polar surface area (TPSA) is 46.9 Å². The van der Waals surface area contributed by atoms with Gasteiger partial charge in [0.15, 0.2) is 0 Å². The van der Waals surface area contributed by atoms with Crippen LogP contribution in [0.25, 0.3) is 0 Å². The third-order valence-corrected chi connectivity index (χ3v) is 3.81. The van der Waals surface area contributed by atoms with Gasteiger partial charge in [-0.2, -0.15) is 0 Å². The van der Waals surface area contributed by atoms with Crippen molar-refractivity contribution in [2.75, 3.05) is 5.32 Å². The molecular weight excluding hydrogens is 250 g/mol. The monoisotopic (exact) mass is 269 g/mol. The normalized spacial score (nSPS) is 17.6. The van der Waals surface area contributed by atoms with E-state index in [4.69, 9.17) is 0 Å². The molecule has 2 aromatic rings. The largest absolute Gasteiger partial charge is 0.335 e. The fourth-order valence-electron chi connectivity index (χ4n) is 2.87. The Balaban J connectivity index is 1.71. The number of rotatable bonds is 2. The molecule has 0 spiro atoms.